The average molecular weight is 517 g/mol. The minimum Gasteiger partial charge on any atom is -0.494 e. The lowest BCUT2D eigenvalue weighted by Gasteiger charge is -2.15. The van der Waals surface area contributed by atoms with E-state index in [1.165, 1.54) is 5.56 Å². The second kappa shape index (κ2) is 14.1. The third kappa shape index (κ3) is 7.77. The first-order valence-electron chi connectivity index (χ1n) is 13.2. The molecule has 0 spiro atoms. The predicted octanol–water partition coefficient (Wildman–Crippen LogP) is 5.22. The van der Waals surface area contributed by atoms with Crippen molar-refractivity contribution in [2.45, 2.75) is 45.1 Å². The van der Waals surface area contributed by atoms with Crippen LogP contribution in [0.5, 0.6) is 5.75 Å². The van der Waals surface area contributed by atoms with Crippen molar-refractivity contribution < 1.29 is 14.7 Å². The van der Waals surface area contributed by atoms with Gasteiger partial charge in [0.25, 0.3) is 0 Å². The lowest BCUT2D eigenvalue weighted by atomic mass is 10.1. The fourth-order valence-electron chi connectivity index (χ4n) is 4.25. The highest BCUT2D eigenvalue weighted by Gasteiger charge is 2.12. The van der Waals surface area contributed by atoms with Crippen LogP contribution >= 0.6 is 0 Å². The third-order valence-corrected chi connectivity index (χ3v) is 6.39. The number of H-pyrrole nitrogens is 1. The van der Waals surface area contributed by atoms with Crippen molar-refractivity contribution in [1.82, 2.24) is 25.7 Å². The molecule has 1 atom stereocenters. The number of hydrogen-bond donors (Lipinski definition) is 5. The summed E-state index contributed by atoms with van der Waals surface area (Å²) in [5.41, 5.74) is 5.67. The van der Waals surface area contributed by atoms with Crippen molar-refractivity contribution in [3.8, 4) is 17.0 Å². The van der Waals surface area contributed by atoms with Crippen LogP contribution in [0.15, 0.2) is 67.0 Å². The third-order valence-electron chi connectivity index (χ3n) is 6.39. The van der Waals surface area contributed by atoms with Crippen LogP contribution in [0.4, 0.5) is 5.82 Å². The molecule has 1 amide bonds. The number of unbranched alkanes of at least 4 members (excludes halogenated alkanes) is 2. The summed E-state index contributed by atoms with van der Waals surface area (Å²) in [4.78, 5) is 23.3. The highest BCUT2D eigenvalue weighted by molar-refractivity contribution is 5.91. The highest BCUT2D eigenvalue weighted by Crippen LogP contribution is 2.29. The highest BCUT2D eigenvalue weighted by atomic mass is 16.5. The van der Waals surface area contributed by atoms with Crippen molar-refractivity contribution in [2.24, 2.45) is 0 Å². The summed E-state index contributed by atoms with van der Waals surface area (Å²) >= 11 is 0. The molecule has 5 N–H and O–H groups in total. The van der Waals surface area contributed by atoms with Gasteiger partial charge in [-0.3, -0.25) is 10.0 Å². The number of carbonyl (C=O) groups excluding carboxylic acids is 1. The van der Waals surface area contributed by atoms with Crippen molar-refractivity contribution in [3.63, 3.8) is 0 Å². The standard InChI is InChI=1S/C29H36N6O3/c1-21(22-9-4-2-5-10-22)33-28-25-19-26(34-29(25)32-20-31-28)23-12-14-24(15-13-23)38-18-8-17-30-16-7-3-6-11-27(36)35-37/h2,4-5,9-10,12-15,19-21,30,37H,3,6-8,11,16-18H2,1H3,(H,35,36)(H2,31,32,33,34)/t21-/m1/s1. The minimum atomic E-state index is -0.325. The zero-order valence-corrected chi connectivity index (χ0v) is 21.7. The number of nitrogens with one attached hydrogen (secondary N) is 4. The van der Waals surface area contributed by atoms with Crippen LogP contribution in [-0.2, 0) is 4.79 Å². The Morgan fingerprint density at radius 1 is 1.00 bits per heavy atom. The van der Waals surface area contributed by atoms with Gasteiger partial charge in [0.05, 0.1) is 12.0 Å². The molecule has 0 aliphatic rings. The van der Waals surface area contributed by atoms with E-state index in [-0.39, 0.29) is 11.9 Å². The van der Waals surface area contributed by atoms with Gasteiger partial charge in [0, 0.05) is 18.2 Å². The molecular formula is C29H36N6O3. The van der Waals surface area contributed by atoms with E-state index in [0.29, 0.717) is 13.0 Å². The van der Waals surface area contributed by atoms with Gasteiger partial charge in [-0.2, -0.15) is 0 Å². The van der Waals surface area contributed by atoms with Crippen LogP contribution < -0.4 is 20.9 Å². The van der Waals surface area contributed by atoms with E-state index in [0.717, 1.165) is 72.6 Å². The Morgan fingerprint density at radius 3 is 2.58 bits per heavy atom. The summed E-state index contributed by atoms with van der Waals surface area (Å²) in [7, 11) is 0. The number of amides is 1. The number of hydroxylamine groups is 1. The van der Waals surface area contributed by atoms with Gasteiger partial charge in [-0.25, -0.2) is 15.4 Å². The first-order chi connectivity index (χ1) is 18.6. The molecular weight excluding hydrogens is 480 g/mol. The van der Waals surface area contributed by atoms with Gasteiger partial charge in [-0.1, -0.05) is 36.8 Å². The first-order valence-corrected chi connectivity index (χ1v) is 13.2. The van der Waals surface area contributed by atoms with Crippen LogP contribution in [0.25, 0.3) is 22.3 Å². The van der Waals surface area contributed by atoms with Gasteiger partial charge >= 0.3 is 0 Å². The second-order valence-electron chi connectivity index (χ2n) is 9.27. The van der Waals surface area contributed by atoms with Crippen molar-refractivity contribution in [3.05, 3.63) is 72.6 Å². The number of hydrogen-bond acceptors (Lipinski definition) is 7. The maximum absolute atomic E-state index is 10.9. The van der Waals surface area contributed by atoms with Gasteiger partial charge in [0.15, 0.2) is 0 Å². The van der Waals surface area contributed by atoms with Gasteiger partial charge in [0.1, 0.15) is 23.5 Å². The van der Waals surface area contributed by atoms with E-state index >= 15 is 0 Å². The topological polar surface area (TPSA) is 124 Å². The summed E-state index contributed by atoms with van der Waals surface area (Å²) in [6, 6.07) is 20.6. The molecule has 0 fully saturated rings. The summed E-state index contributed by atoms with van der Waals surface area (Å²) in [6.45, 7) is 4.55. The van der Waals surface area contributed by atoms with Crippen LogP contribution in [0.3, 0.4) is 0 Å². The molecule has 2 heterocycles. The predicted molar refractivity (Wildman–Crippen MR) is 149 cm³/mol. The maximum atomic E-state index is 10.9. The zero-order chi connectivity index (χ0) is 26.6. The van der Waals surface area contributed by atoms with E-state index < -0.39 is 0 Å². The molecule has 2 aromatic carbocycles. The summed E-state index contributed by atoms with van der Waals surface area (Å²) in [5, 5.41) is 16.3. The van der Waals surface area contributed by atoms with Crippen molar-refractivity contribution >= 4 is 22.8 Å². The molecule has 9 heteroatoms. The van der Waals surface area contributed by atoms with Crippen molar-refractivity contribution in [2.75, 3.05) is 25.0 Å². The molecule has 0 aliphatic carbocycles. The Bertz CT molecular complexity index is 1280. The summed E-state index contributed by atoms with van der Waals surface area (Å²) in [5.74, 6) is 1.32. The fourth-order valence-corrected chi connectivity index (χ4v) is 4.25. The zero-order valence-electron chi connectivity index (χ0n) is 21.7. The number of ether oxygens (including phenoxy) is 1. The lowest BCUT2D eigenvalue weighted by Crippen LogP contribution is -2.19. The van der Waals surface area contributed by atoms with Gasteiger partial charge < -0.3 is 20.4 Å². The van der Waals surface area contributed by atoms with Crippen LogP contribution in [0.2, 0.25) is 0 Å². The number of aromatic nitrogens is 3. The molecule has 0 bridgehead atoms. The number of rotatable bonds is 15. The molecule has 9 nitrogen and oxygen atoms in total. The normalized spacial score (nSPS) is 11.8. The number of aromatic amines is 1. The van der Waals surface area contributed by atoms with Crippen LogP contribution in [0, 0.1) is 0 Å². The number of benzene rings is 2. The molecule has 4 aromatic rings. The van der Waals surface area contributed by atoms with E-state index in [4.69, 9.17) is 9.94 Å². The Labute approximate surface area is 223 Å². The van der Waals surface area contributed by atoms with E-state index in [9.17, 15) is 4.79 Å². The molecule has 0 unspecified atom stereocenters. The van der Waals surface area contributed by atoms with Crippen LogP contribution in [-0.4, -0.2) is 45.8 Å². The monoisotopic (exact) mass is 516 g/mol. The van der Waals surface area contributed by atoms with Crippen molar-refractivity contribution in [1.29, 1.82) is 0 Å². The van der Waals surface area contributed by atoms with Crippen LogP contribution in [0.1, 0.15) is 50.6 Å². The number of carbonyl (C=O) groups is 1. The van der Waals surface area contributed by atoms with Gasteiger partial charge in [0.2, 0.25) is 5.91 Å². The Kier molecular flexibility index (Phi) is 10.1. The molecule has 38 heavy (non-hydrogen) atoms. The molecule has 4 rings (SSSR count). The minimum absolute atomic E-state index is 0.117. The molecule has 0 saturated heterocycles. The molecule has 2 aromatic heterocycles. The van der Waals surface area contributed by atoms with Gasteiger partial charge in [-0.15, -0.1) is 0 Å². The smallest absolute Gasteiger partial charge is 0.243 e. The van der Waals surface area contributed by atoms with Gasteiger partial charge in [-0.05, 0) is 80.7 Å². The van der Waals surface area contributed by atoms with E-state index in [2.05, 4.69) is 50.7 Å². The van der Waals surface area contributed by atoms with E-state index in [1.807, 2.05) is 42.5 Å². The van der Waals surface area contributed by atoms with E-state index in [1.54, 1.807) is 11.8 Å². The molecule has 0 aliphatic heterocycles. The number of fused-ring (bicyclic) bond motifs is 1. The SMILES string of the molecule is C[C@@H](Nc1ncnc2[nH]c(-c3ccc(OCCCNCCCCCC(=O)NO)cc3)cc12)c1ccccc1. The molecule has 200 valence electrons. The average Bonchev–Trinajstić information content (AvgIpc) is 3.40. The molecule has 0 radical (unpaired) electrons. The number of anilines is 1. The number of nitrogens with zero attached hydrogens (tertiary/aromatic N) is 2. The fraction of sp³-hybridized carbons (Fsp3) is 0.345. The second-order valence-corrected chi connectivity index (χ2v) is 9.27. The Balaban J connectivity index is 1.22. The maximum Gasteiger partial charge on any atom is 0.243 e. The first kappa shape index (κ1) is 27.1. The Hall–Kier alpha value is -3.95. The molecule has 0 saturated carbocycles. The summed E-state index contributed by atoms with van der Waals surface area (Å²) in [6.07, 6.45) is 5.59. The Morgan fingerprint density at radius 2 is 1.79 bits per heavy atom. The largest absolute Gasteiger partial charge is 0.494 e. The quantitative estimate of drug-likeness (QED) is 0.0833. The summed E-state index contributed by atoms with van der Waals surface area (Å²) < 4.78 is 5.89. The lowest BCUT2D eigenvalue weighted by molar-refractivity contribution is -0.129.